The molecular formula is C15H24N4O4S. The van der Waals surface area contributed by atoms with Gasteiger partial charge < -0.3 is 14.7 Å². The van der Waals surface area contributed by atoms with Crippen LogP contribution in [0.1, 0.15) is 37.1 Å². The minimum absolute atomic E-state index is 0.0434. The van der Waals surface area contributed by atoms with E-state index in [1.54, 1.807) is 18.7 Å². The molecule has 2 heterocycles. The monoisotopic (exact) mass is 356 g/mol. The lowest BCUT2D eigenvalue weighted by Crippen LogP contribution is -2.60. The molecule has 0 aromatic carbocycles. The van der Waals surface area contributed by atoms with Crippen LogP contribution >= 0.6 is 0 Å². The zero-order chi connectivity index (χ0) is 17.4. The van der Waals surface area contributed by atoms with E-state index in [-0.39, 0.29) is 16.6 Å². The molecule has 2 fully saturated rings. The number of aromatic nitrogens is 1. The Bertz CT molecular complexity index is 696. The number of piperazine rings is 1. The molecule has 24 heavy (non-hydrogen) atoms. The predicted octanol–water partition coefficient (Wildman–Crippen LogP) is 0.314. The highest BCUT2D eigenvalue weighted by molar-refractivity contribution is 7.89. The second kappa shape index (κ2) is 6.45. The first kappa shape index (κ1) is 17.4. The van der Waals surface area contributed by atoms with E-state index in [0.717, 1.165) is 25.9 Å². The smallest absolute Gasteiger partial charge is 0.246 e. The SMILES string of the molecule is Cc1noc(C)c1S(=O)(=O)NC1(C(=O)N2CCNCC2)CCCC1. The largest absolute Gasteiger partial charge is 0.360 e. The molecule has 0 spiro atoms. The van der Waals surface area contributed by atoms with Gasteiger partial charge in [0.15, 0.2) is 5.76 Å². The summed E-state index contributed by atoms with van der Waals surface area (Å²) in [7, 11) is -3.87. The number of carbonyl (C=O) groups is 1. The summed E-state index contributed by atoms with van der Waals surface area (Å²) in [6.07, 6.45) is 2.72. The van der Waals surface area contributed by atoms with Crippen LogP contribution in [-0.2, 0) is 14.8 Å². The van der Waals surface area contributed by atoms with E-state index in [1.807, 2.05) is 0 Å². The van der Waals surface area contributed by atoms with Crippen molar-refractivity contribution in [2.24, 2.45) is 0 Å². The van der Waals surface area contributed by atoms with E-state index in [4.69, 9.17) is 4.52 Å². The van der Waals surface area contributed by atoms with E-state index in [9.17, 15) is 13.2 Å². The van der Waals surface area contributed by atoms with E-state index in [0.29, 0.717) is 31.6 Å². The highest BCUT2D eigenvalue weighted by Gasteiger charge is 2.47. The third-order valence-corrected chi connectivity index (χ3v) is 6.62. The first-order valence-corrected chi connectivity index (χ1v) is 9.81. The molecule has 134 valence electrons. The van der Waals surface area contributed by atoms with E-state index < -0.39 is 15.6 Å². The van der Waals surface area contributed by atoms with Gasteiger partial charge in [-0.3, -0.25) is 4.79 Å². The standard InChI is InChI=1S/C15H24N4O4S/c1-11-13(12(2)23-17-11)24(21,22)18-15(5-3-4-6-15)14(20)19-9-7-16-8-10-19/h16,18H,3-10H2,1-2H3. The van der Waals surface area contributed by atoms with Crippen LogP contribution in [0.4, 0.5) is 0 Å². The molecule has 8 nitrogen and oxygen atoms in total. The minimum atomic E-state index is -3.87. The molecule has 0 radical (unpaired) electrons. The summed E-state index contributed by atoms with van der Waals surface area (Å²) in [5.41, 5.74) is -0.741. The molecule has 1 aromatic heterocycles. The summed E-state index contributed by atoms with van der Waals surface area (Å²) in [5.74, 6) is 0.125. The Morgan fingerprint density at radius 2 is 1.88 bits per heavy atom. The van der Waals surface area contributed by atoms with Gasteiger partial charge in [0.2, 0.25) is 15.9 Å². The Kier molecular flexibility index (Phi) is 4.67. The van der Waals surface area contributed by atoms with E-state index in [2.05, 4.69) is 15.2 Å². The number of carbonyl (C=O) groups excluding carboxylic acids is 1. The number of nitrogens with zero attached hydrogens (tertiary/aromatic N) is 2. The number of amides is 1. The molecule has 1 aliphatic heterocycles. The van der Waals surface area contributed by atoms with Crippen molar-refractivity contribution >= 4 is 15.9 Å². The third kappa shape index (κ3) is 3.07. The topological polar surface area (TPSA) is 105 Å². The summed E-state index contributed by atoms with van der Waals surface area (Å²) in [4.78, 5) is 14.9. The molecule has 1 aromatic rings. The number of hydrogen-bond donors (Lipinski definition) is 2. The molecule has 1 saturated heterocycles. The second-order valence-electron chi connectivity index (χ2n) is 6.59. The fourth-order valence-electron chi connectivity index (χ4n) is 3.68. The van der Waals surface area contributed by atoms with Crippen LogP contribution in [0.2, 0.25) is 0 Å². The van der Waals surface area contributed by atoms with Crippen molar-refractivity contribution in [1.82, 2.24) is 20.1 Å². The minimum Gasteiger partial charge on any atom is -0.360 e. The van der Waals surface area contributed by atoms with Crippen LogP contribution in [0.25, 0.3) is 0 Å². The van der Waals surface area contributed by atoms with Gasteiger partial charge in [-0.15, -0.1) is 0 Å². The maximum atomic E-state index is 13.1. The first-order chi connectivity index (χ1) is 11.4. The summed E-state index contributed by atoms with van der Waals surface area (Å²) in [6, 6.07) is 0. The van der Waals surface area contributed by atoms with Crippen LogP contribution < -0.4 is 10.0 Å². The van der Waals surface area contributed by atoms with Gasteiger partial charge in [0.25, 0.3) is 0 Å². The van der Waals surface area contributed by atoms with Crippen LogP contribution in [0, 0.1) is 13.8 Å². The normalized spacial score (nSPS) is 21.2. The molecule has 9 heteroatoms. The average Bonchev–Trinajstić information content (AvgIpc) is 3.14. The summed E-state index contributed by atoms with van der Waals surface area (Å²) < 4.78 is 33.5. The fraction of sp³-hybridized carbons (Fsp3) is 0.733. The number of rotatable bonds is 4. The van der Waals surface area contributed by atoms with Crippen LogP contribution in [0.3, 0.4) is 0 Å². The Morgan fingerprint density at radius 1 is 1.25 bits per heavy atom. The van der Waals surface area contributed by atoms with Crippen molar-refractivity contribution in [3.05, 3.63) is 11.5 Å². The van der Waals surface area contributed by atoms with Gasteiger partial charge in [-0.1, -0.05) is 18.0 Å². The Morgan fingerprint density at radius 3 is 2.42 bits per heavy atom. The van der Waals surface area contributed by atoms with Gasteiger partial charge in [0.05, 0.1) is 0 Å². The molecule has 1 saturated carbocycles. The van der Waals surface area contributed by atoms with Crippen molar-refractivity contribution in [2.45, 2.75) is 50.0 Å². The molecular weight excluding hydrogens is 332 g/mol. The van der Waals surface area contributed by atoms with Crippen molar-refractivity contribution in [1.29, 1.82) is 0 Å². The molecule has 1 aliphatic carbocycles. The molecule has 2 N–H and O–H groups in total. The van der Waals surface area contributed by atoms with E-state index in [1.165, 1.54) is 0 Å². The van der Waals surface area contributed by atoms with Crippen molar-refractivity contribution in [2.75, 3.05) is 26.2 Å². The van der Waals surface area contributed by atoms with Crippen molar-refractivity contribution < 1.29 is 17.7 Å². The third-order valence-electron chi connectivity index (χ3n) is 4.84. The maximum Gasteiger partial charge on any atom is 0.246 e. The zero-order valence-corrected chi connectivity index (χ0v) is 14.9. The molecule has 2 aliphatic rings. The molecule has 0 atom stereocenters. The lowest BCUT2D eigenvalue weighted by Gasteiger charge is -2.36. The van der Waals surface area contributed by atoms with Crippen LogP contribution in [0.15, 0.2) is 9.42 Å². The van der Waals surface area contributed by atoms with Gasteiger partial charge in [-0.2, -0.15) is 4.72 Å². The van der Waals surface area contributed by atoms with Gasteiger partial charge in [0, 0.05) is 26.2 Å². The molecule has 1 amide bonds. The Hall–Kier alpha value is -1.45. The molecule has 3 rings (SSSR count). The first-order valence-electron chi connectivity index (χ1n) is 8.33. The number of hydrogen-bond acceptors (Lipinski definition) is 6. The van der Waals surface area contributed by atoms with Crippen LogP contribution in [0.5, 0.6) is 0 Å². The lowest BCUT2D eigenvalue weighted by molar-refractivity contribution is -0.138. The molecule has 0 unspecified atom stereocenters. The average molecular weight is 356 g/mol. The van der Waals surface area contributed by atoms with Gasteiger partial charge in [0.1, 0.15) is 16.1 Å². The van der Waals surface area contributed by atoms with Crippen molar-refractivity contribution in [3.8, 4) is 0 Å². The van der Waals surface area contributed by atoms with Crippen LogP contribution in [-0.4, -0.2) is 56.1 Å². The molecule has 0 bridgehead atoms. The summed E-state index contributed by atoms with van der Waals surface area (Å²) >= 11 is 0. The Labute approximate surface area is 142 Å². The summed E-state index contributed by atoms with van der Waals surface area (Å²) in [5, 5.41) is 6.92. The Balaban J connectivity index is 1.90. The van der Waals surface area contributed by atoms with Gasteiger partial charge in [-0.05, 0) is 26.7 Å². The zero-order valence-electron chi connectivity index (χ0n) is 14.1. The quantitative estimate of drug-likeness (QED) is 0.805. The van der Waals surface area contributed by atoms with Gasteiger partial charge in [-0.25, -0.2) is 8.42 Å². The second-order valence-corrected chi connectivity index (χ2v) is 8.21. The number of sulfonamides is 1. The number of aryl methyl sites for hydroxylation is 2. The van der Waals surface area contributed by atoms with E-state index >= 15 is 0 Å². The predicted molar refractivity (Wildman–Crippen MR) is 86.9 cm³/mol. The fourth-order valence-corrected chi connectivity index (χ4v) is 5.43. The van der Waals surface area contributed by atoms with Gasteiger partial charge >= 0.3 is 0 Å². The summed E-state index contributed by atoms with van der Waals surface area (Å²) in [6.45, 7) is 5.83. The maximum absolute atomic E-state index is 13.1. The highest BCUT2D eigenvalue weighted by Crippen LogP contribution is 2.34. The highest BCUT2D eigenvalue weighted by atomic mass is 32.2. The number of nitrogens with one attached hydrogen (secondary N) is 2. The lowest BCUT2D eigenvalue weighted by atomic mass is 9.97. The van der Waals surface area contributed by atoms with Crippen molar-refractivity contribution in [3.63, 3.8) is 0 Å².